The van der Waals surface area contributed by atoms with Gasteiger partial charge in [-0.15, -0.1) is 0 Å². The number of hydrogen-bond acceptors (Lipinski definition) is 4. The van der Waals surface area contributed by atoms with E-state index in [2.05, 4.69) is 15.0 Å². The summed E-state index contributed by atoms with van der Waals surface area (Å²) in [6, 6.07) is 8.01. The molecule has 0 aliphatic rings. The molecule has 5 heteroatoms. The van der Waals surface area contributed by atoms with Gasteiger partial charge < -0.3 is 10.1 Å². The number of nitrogens with zero attached hydrogens (tertiary/aromatic N) is 1. The van der Waals surface area contributed by atoms with Crippen LogP contribution in [-0.2, 0) is 4.74 Å². The van der Waals surface area contributed by atoms with Gasteiger partial charge in [-0.05, 0) is 42.8 Å². The molecule has 0 aliphatic heterocycles. The number of aryl methyl sites for hydroxylation is 1. The Morgan fingerprint density at radius 3 is 2.35 bits per heavy atom. The van der Waals surface area contributed by atoms with E-state index in [1.807, 2.05) is 6.92 Å². The molecule has 0 aliphatic carbocycles. The molecule has 2 rings (SSSR count). The lowest BCUT2D eigenvalue weighted by Gasteiger charge is -2.08. The number of anilines is 1. The predicted molar refractivity (Wildman–Crippen MR) is 74.7 cm³/mol. The number of carbonyl (C=O) groups excluding carboxylic acids is 2. The van der Waals surface area contributed by atoms with Crippen LogP contribution in [0.5, 0.6) is 0 Å². The van der Waals surface area contributed by atoms with E-state index in [-0.39, 0.29) is 5.91 Å². The van der Waals surface area contributed by atoms with Crippen LogP contribution < -0.4 is 5.32 Å². The highest BCUT2D eigenvalue weighted by molar-refractivity contribution is 6.05. The number of amides is 1. The first kappa shape index (κ1) is 13.7. The summed E-state index contributed by atoms with van der Waals surface area (Å²) < 4.78 is 4.60. The van der Waals surface area contributed by atoms with Gasteiger partial charge in [0.1, 0.15) is 0 Å². The van der Waals surface area contributed by atoms with Gasteiger partial charge in [-0.2, -0.15) is 0 Å². The largest absolute Gasteiger partial charge is 0.465 e. The number of aromatic nitrogens is 1. The molecule has 0 fully saturated rings. The van der Waals surface area contributed by atoms with E-state index in [4.69, 9.17) is 0 Å². The van der Waals surface area contributed by atoms with Crippen LogP contribution in [0.3, 0.4) is 0 Å². The number of ether oxygens (including phenoxy) is 1. The van der Waals surface area contributed by atoms with Gasteiger partial charge in [-0.25, -0.2) is 4.79 Å². The molecule has 0 saturated carbocycles. The molecular formula is C15H14N2O3. The van der Waals surface area contributed by atoms with Crippen molar-refractivity contribution in [3.8, 4) is 0 Å². The number of nitrogens with one attached hydrogen (secondary N) is 1. The molecule has 0 atom stereocenters. The van der Waals surface area contributed by atoms with Gasteiger partial charge in [0.2, 0.25) is 0 Å². The quantitative estimate of drug-likeness (QED) is 0.870. The number of methoxy groups -OCH3 is 1. The molecule has 1 aromatic carbocycles. The smallest absolute Gasteiger partial charge is 0.337 e. The Morgan fingerprint density at radius 1 is 1.10 bits per heavy atom. The molecule has 20 heavy (non-hydrogen) atoms. The predicted octanol–water partition coefficient (Wildman–Crippen LogP) is 2.43. The Morgan fingerprint density at radius 2 is 1.75 bits per heavy atom. The van der Waals surface area contributed by atoms with Gasteiger partial charge in [0.05, 0.1) is 12.7 Å². The van der Waals surface area contributed by atoms with Crippen molar-refractivity contribution in [2.24, 2.45) is 0 Å². The van der Waals surface area contributed by atoms with E-state index in [0.29, 0.717) is 16.8 Å². The van der Waals surface area contributed by atoms with Gasteiger partial charge in [0.25, 0.3) is 5.91 Å². The van der Waals surface area contributed by atoms with Crippen molar-refractivity contribution >= 4 is 17.6 Å². The maximum absolute atomic E-state index is 12.1. The highest BCUT2D eigenvalue weighted by Gasteiger charge is 2.10. The Hall–Kier alpha value is -2.69. The van der Waals surface area contributed by atoms with Crippen molar-refractivity contribution in [2.45, 2.75) is 6.92 Å². The van der Waals surface area contributed by atoms with Gasteiger partial charge >= 0.3 is 5.97 Å². The molecule has 1 amide bonds. The summed E-state index contributed by atoms with van der Waals surface area (Å²) in [5.74, 6) is -0.669. The zero-order valence-electron chi connectivity index (χ0n) is 11.2. The van der Waals surface area contributed by atoms with Gasteiger partial charge in [-0.3, -0.25) is 9.78 Å². The topological polar surface area (TPSA) is 68.3 Å². The molecule has 102 valence electrons. The minimum atomic E-state index is -0.429. The van der Waals surface area contributed by atoms with Gasteiger partial charge in [0.15, 0.2) is 0 Å². The molecule has 0 saturated heterocycles. The molecule has 2 aromatic rings. The highest BCUT2D eigenvalue weighted by atomic mass is 16.5. The van der Waals surface area contributed by atoms with Crippen molar-refractivity contribution in [1.82, 2.24) is 4.98 Å². The molecule has 1 aromatic heterocycles. The summed E-state index contributed by atoms with van der Waals surface area (Å²) in [4.78, 5) is 27.3. The summed E-state index contributed by atoms with van der Waals surface area (Å²) >= 11 is 0. The van der Waals surface area contributed by atoms with Crippen molar-refractivity contribution in [3.63, 3.8) is 0 Å². The van der Waals surface area contributed by atoms with Crippen LogP contribution in [-0.4, -0.2) is 24.0 Å². The number of hydrogen-bond donors (Lipinski definition) is 1. The molecule has 0 spiro atoms. The van der Waals surface area contributed by atoms with Crippen LogP contribution in [0.1, 0.15) is 26.3 Å². The minimum absolute atomic E-state index is 0.240. The number of pyridine rings is 1. The Labute approximate surface area is 116 Å². The van der Waals surface area contributed by atoms with Crippen molar-refractivity contribution in [1.29, 1.82) is 0 Å². The second-order valence-electron chi connectivity index (χ2n) is 4.21. The maximum atomic E-state index is 12.1. The molecular weight excluding hydrogens is 256 g/mol. The third kappa shape index (κ3) is 3.00. The molecule has 5 nitrogen and oxygen atoms in total. The maximum Gasteiger partial charge on any atom is 0.337 e. The fourth-order valence-electron chi connectivity index (χ4n) is 1.68. The Kier molecular flexibility index (Phi) is 4.10. The molecule has 0 radical (unpaired) electrons. The number of rotatable bonds is 3. The Bertz CT molecular complexity index is 636. The van der Waals surface area contributed by atoms with Crippen LogP contribution in [0, 0.1) is 6.92 Å². The third-order valence-electron chi connectivity index (χ3n) is 2.84. The van der Waals surface area contributed by atoms with Crippen LogP contribution in [0.2, 0.25) is 0 Å². The van der Waals surface area contributed by atoms with Crippen LogP contribution >= 0.6 is 0 Å². The van der Waals surface area contributed by atoms with E-state index in [1.54, 1.807) is 42.7 Å². The van der Waals surface area contributed by atoms with Crippen molar-refractivity contribution < 1.29 is 14.3 Å². The zero-order valence-corrected chi connectivity index (χ0v) is 11.2. The van der Waals surface area contributed by atoms with E-state index < -0.39 is 5.97 Å². The second kappa shape index (κ2) is 5.97. The molecule has 0 bridgehead atoms. The minimum Gasteiger partial charge on any atom is -0.465 e. The SMILES string of the molecule is COC(=O)c1ccc(C(=O)Nc2ccncc2C)cc1. The standard InChI is InChI=1S/C15H14N2O3/c1-10-9-16-8-7-13(10)17-14(18)11-3-5-12(6-4-11)15(19)20-2/h3-9H,1-2H3,(H,16,17,18). The zero-order chi connectivity index (χ0) is 14.5. The van der Waals surface area contributed by atoms with E-state index >= 15 is 0 Å². The summed E-state index contributed by atoms with van der Waals surface area (Å²) in [6.45, 7) is 1.86. The lowest BCUT2D eigenvalue weighted by Crippen LogP contribution is -2.13. The van der Waals surface area contributed by atoms with Gasteiger partial charge in [-0.1, -0.05) is 0 Å². The number of esters is 1. The fourth-order valence-corrected chi connectivity index (χ4v) is 1.68. The summed E-state index contributed by atoms with van der Waals surface area (Å²) in [5, 5.41) is 2.79. The van der Waals surface area contributed by atoms with Crippen LogP contribution in [0.15, 0.2) is 42.7 Å². The molecule has 1 heterocycles. The lowest BCUT2D eigenvalue weighted by molar-refractivity contribution is 0.0600. The number of benzene rings is 1. The van der Waals surface area contributed by atoms with Crippen LogP contribution in [0.25, 0.3) is 0 Å². The average molecular weight is 270 g/mol. The first-order valence-corrected chi connectivity index (χ1v) is 6.02. The van der Waals surface area contributed by atoms with Gasteiger partial charge in [0, 0.05) is 23.6 Å². The van der Waals surface area contributed by atoms with Crippen LogP contribution in [0.4, 0.5) is 5.69 Å². The first-order valence-electron chi connectivity index (χ1n) is 6.02. The highest BCUT2D eigenvalue weighted by Crippen LogP contribution is 2.14. The normalized spacial score (nSPS) is 9.90. The summed E-state index contributed by atoms with van der Waals surface area (Å²) in [5.41, 5.74) is 2.46. The second-order valence-corrected chi connectivity index (χ2v) is 4.21. The third-order valence-corrected chi connectivity index (χ3v) is 2.84. The summed E-state index contributed by atoms with van der Waals surface area (Å²) in [6.07, 6.45) is 3.29. The lowest BCUT2D eigenvalue weighted by atomic mass is 10.1. The number of carbonyl (C=O) groups is 2. The Balaban J connectivity index is 2.14. The van der Waals surface area contributed by atoms with Crippen molar-refractivity contribution in [2.75, 3.05) is 12.4 Å². The van der Waals surface area contributed by atoms with E-state index in [0.717, 1.165) is 5.56 Å². The van der Waals surface area contributed by atoms with E-state index in [9.17, 15) is 9.59 Å². The van der Waals surface area contributed by atoms with E-state index in [1.165, 1.54) is 7.11 Å². The monoisotopic (exact) mass is 270 g/mol. The first-order chi connectivity index (χ1) is 9.61. The average Bonchev–Trinajstić information content (AvgIpc) is 2.49. The molecule has 0 unspecified atom stereocenters. The molecule has 1 N–H and O–H groups in total. The van der Waals surface area contributed by atoms with Crippen molar-refractivity contribution in [3.05, 3.63) is 59.4 Å². The fraction of sp³-hybridized carbons (Fsp3) is 0.133. The summed E-state index contributed by atoms with van der Waals surface area (Å²) in [7, 11) is 1.31.